The minimum atomic E-state index is -0.248. The van der Waals surface area contributed by atoms with Crippen LogP contribution >= 0.6 is 0 Å². The normalized spacial score (nSPS) is 17.2. The van der Waals surface area contributed by atoms with Crippen LogP contribution in [0.5, 0.6) is 0 Å². The Bertz CT molecular complexity index is 1120. The van der Waals surface area contributed by atoms with Gasteiger partial charge in [-0.2, -0.15) is 0 Å². The number of aliphatic imine (C=N–C) groups is 1. The van der Waals surface area contributed by atoms with Crippen molar-refractivity contribution in [3.8, 4) is 0 Å². The van der Waals surface area contributed by atoms with Crippen LogP contribution in [0.2, 0.25) is 0 Å². The lowest BCUT2D eigenvalue weighted by Gasteiger charge is -2.20. The average molecular weight is 387 g/mol. The highest BCUT2D eigenvalue weighted by Gasteiger charge is 2.28. The number of fused-ring (bicyclic) bond motifs is 1. The Labute approximate surface area is 168 Å². The van der Waals surface area contributed by atoms with E-state index in [4.69, 9.17) is 9.97 Å². The molecule has 0 spiro atoms. The minimum Gasteiger partial charge on any atom is -0.325 e. The fraction of sp³-hybridized carbons (Fsp3) is 0.261. The molecule has 1 saturated carbocycles. The van der Waals surface area contributed by atoms with Gasteiger partial charge in [0.1, 0.15) is 17.5 Å². The highest BCUT2D eigenvalue weighted by atomic mass is 19.1. The smallest absolute Gasteiger partial charge is 0.152 e. The van der Waals surface area contributed by atoms with Crippen LogP contribution < -0.4 is 10.6 Å². The number of hydrogen-bond acceptors (Lipinski definition) is 5. The third-order valence-corrected chi connectivity index (χ3v) is 5.19. The molecule has 146 valence electrons. The number of nitrogens with zero attached hydrogens (tertiary/aromatic N) is 3. The molecule has 1 unspecified atom stereocenters. The van der Waals surface area contributed by atoms with Gasteiger partial charge in [0.05, 0.1) is 18.1 Å². The van der Waals surface area contributed by atoms with Crippen molar-refractivity contribution >= 4 is 22.6 Å². The standard InChI is InChI=1S/C23H22FN5/c1-14-12-20(25-13-14)28-22-18-4-2-3-5-19(18)27-23(29-22)21(26-17-10-11-17)15-6-8-16(24)9-7-15/h2-9,12,17,21,26H,10-11,13H2,1H3,(H,25,27,28,29). The van der Waals surface area contributed by atoms with E-state index in [1.165, 1.54) is 17.7 Å². The van der Waals surface area contributed by atoms with E-state index in [1.54, 1.807) is 12.1 Å². The lowest BCUT2D eigenvalue weighted by atomic mass is 10.1. The van der Waals surface area contributed by atoms with Gasteiger partial charge >= 0.3 is 0 Å². The van der Waals surface area contributed by atoms with Crippen LogP contribution in [-0.2, 0) is 0 Å². The van der Waals surface area contributed by atoms with Crippen LogP contribution in [0.15, 0.2) is 65.2 Å². The van der Waals surface area contributed by atoms with Crippen molar-refractivity contribution in [1.29, 1.82) is 0 Å². The summed E-state index contributed by atoms with van der Waals surface area (Å²) in [6.07, 6.45) is 4.31. The molecule has 6 heteroatoms. The maximum atomic E-state index is 13.5. The first kappa shape index (κ1) is 17.9. The summed E-state index contributed by atoms with van der Waals surface area (Å²) in [4.78, 5) is 14.2. The molecule has 0 radical (unpaired) electrons. The Morgan fingerprint density at radius 2 is 1.83 bits per heavy atom. The monoisotopic (exact) mass is 387 g/mol. The van der Waals surface area contributed by atoms with Gasteiger partial charge in [-0.25, -0.2) is 14.4 Å². The molecule has 29 heavy (non-hydrogen) atoms. The van der Waals surface area contributed by atoms with Gasteiger partial charge in [0, 0.05) is 11.4 Å². The molecular formula is C23H22FN5. The number of anilines is 1. The van der Waals surface area contributed by atoms with Gasteiger partial charge < -0.3 is 10.6 Å². The van der Waals surface area contributed by atoms with Crippen molar-refractivity contribution in [2.75, 3.05) is 11.9 Å². The topological polar surface area (TPSA) is 62.2 Å². The van der Waals surface area contributed by atoms with E-state index >= 15 is 0 Å². The van der Waals surface area contributed by atoms with Crippen molar-refractivity contribution in [3.05, 3.63) is 77.4 Å². The summed E-state index contributed by atoms with van der Waals surface area (Å²) in [6, 6.07) is 14.8. The van der Waals surface area contributed by atoms with E-state index in [0.717, 1.165) is 41.0 Å². The van der Waals surface area contributed by atoms with Crippen LogP contribution in [0.1, 0.15) is 37.2 Å². The largest absolute Gasteiger partial charge is 0.325 e. The Kier molecular flexibility index (Phi) is 4.56. The molecule has 2 aliphatic rings. The molecular weight excluding hydrogens is 365 g/mol. The predicted molar refractivity (Wildman–Crippen MR) is 114 cm³/mol. The number of para-hydroxylation sites is 1. The highest BCUT2D eigenvalue weighted by Crippen LogP contribution is 2.30. The van der Waals surface area contributed by atoms with Crippen molar-refractivity contribution in [2.24, 2.45) is 4.99 Å². The molecule has 2 N–H and O–H groups in total. The number of amidine groups is 1. The molecule has 1 fully saturated rings. The summed E-state index contributed by atoms with van der Waals surface area (Å²) in [5, 5.41) is 7.94. The second-order valence-electron chi connectivity index (χ2n) is 7.69. The second kappa shape index (κ2) is 7.37. The second-order valence-corrected chi connectivity index (χ2v) is 7.69. The quantitative estimate of drug-likeness (QED) is 0.682. The van der Waals surface area contributed by atoms with Crippen LogP contribution in [0.3, 0.4) is 0 Å². The van der Waals surface area contributed by atoms with Crippen LogP contribution in [0, 0.1) is 5.82 Å². The van der Waals surface area contributed by atoms with Gasteiger partial charge in [-0.05, 0) is 61.2 Å². The number of rotatable bonds is 5. The van der Waals surface area contributed by atoms with Gasteiger partial charge in [-0.3, -0.25) is 4.99 Å². The summed E-state index contributed by atoms with van der Waals surface area (Å²) in [5.74, 6) is 1.97. The number of benzene rings is 2. The first-order chi connectivity index (χ1) is 14.2. The number of halogens is 1. The molecule has 0 amide bonds. The van der Waals surface area contributed by atoms with Gasteiger partial charge in [-0.15, -0.1) is 0 Å². The fourth-order valence-electron chi connectivity index (χ4n) is 3.51. The predicted octanol–water partition coefficient (Wildman–Crippen LogP) is 4.38. The molecule has 2 heterocycles. The maximum absolute atomic E-state index is 13.5. The van der Waals surface area contributed by atoms with E-state index < -0.39 is 0 Å². The van der Waals surface area contributed by atoms with Crippen molar-refractivity contribution in [1.82, 2.24) is 15.3 Å². The zero-order valence-electron chi connectivity index (χ0n) is 16.2. The van der Waals surface area contributed by atoms with E-state index in [1.807, 2.05) is 30.3 Å². The first-order valence-corrected chi connectivity index (χ1v) is 9.92. The molecule has 0 bridgehead atoms. The van der Waals surface area contributed by atoms with Crippen molar-refractivity contribution < 1.29 is 4.39 Å². The minimum absolute atomic E-state index is 0.198. The van der Waals surface area contributed by atoms with Gasteiger partial charge in [0.2, 0.25) is 0 Å². The maximum Gasteiger partial charge on any atom is 0.152 e. The molecule has 5 nitrogen and oxygen atoms in total. The molecule has 1 aliphatic carbocycles. The van der Waals surface area contributed by atoms with E-state index in [-0.39, 0.29) is 11.9 Å². The summed E-state index contributed by atoms with van der Waals surface area (Å²) in [6.45, 7) is 2.77. The molecule has 1 aliphatic heterocycles. The average Bonchev–Trinajstić information content (AvgIpc) is 3.46. The third kappa shape index (κ3) is 3.89. The molecule has 2 aromatic carbocycles. The first-order valence-electron chi connectivity index (χ1n) is 9.92. The number of aromatic nitrogens is 2. The summed E-state index contributed by atoms with van der Waals surface area (Å²) in [5.41, 5.74) is 3.03. The summed E-state index contributed by atoms with van der Waals surface area (Å²) >= 11 is 0. The zero-order valence-corrected chi connectivity index (χ0v) is 16.2. The number of nitrogens with one attached hydrogen (secondary N) is 2. The summed E-state index contributed by atoms with van der Waals surface area (Å²) < 4.78 is 13.5. The molecule has 3 aromatic rings. The number of hydrogen-bond donors (Lipinski definition) is 2. The Morgan fingerprint density at radius 1 is 1.03 bits per heavy atom. The lowest BCUT2D eigenvalue weighted by Crippen LogP contribution is -2.27. The van der Waals surface area contributed by atoms with Crippen LogP contribution in [0.4, 0.5) is 10.2 Å². The van der Waals surface area contributed by atoms with E-state index in [2.05, 4.69) is 22.5 Å². The zero-order chi connectivity index (χ0) is 19.8. The van der Waals surface area contributed by atoms with E-state index in [0.29, 0.717) is 18.4 Å². The van der Waals surface area contributed by atoms with Crippen molar-refractivity contribution in [3.63, 3.8) is 0 Å². The van der Waals surface area contributed by atoms with Crippen molar-refractivity contribution in [2.45, 2.75) is 31.8 Å². The van der Waals surface area contributed by atoms with Crippen LogP contribution in [0.25, 0.3) is 10.9 Å². The van der Waals surface area contributed by atoms with Gasteiger partial charge in [0.15, 0.2) is 5.82 Å². The molecule has 1 atom stereocenters. The Morgan fingerprint density at radius 3 is 2.55 bits per heavy atom. The van der Waals surface area contributed by atoms with Crippen LogP contribution in [-0.4, -0.2) is 28.4 Å². The SMILES string of the molecule is CC1=CC(Nc2nc(C(NC3CC3)c3ccc(F)cc3)nc3ccccc23)=NC1. The molecule has 5 rings (SSSR count). The third-order valence-electron chi connectivity index (χ3n) is 5.19. The molecule has 0 saturated heterocycles. The fourth-order valence-corrected chi connectivity index (χ4v) is 3.51. The lowest BCUT2D eigenvalue weighted by molar-refractivity contribution is 0.571. The van der Waals surface area contributed by atoms with Gasteiger partial charge in [0.25, 0.3) is 0 Å². The van der Waals surface area contributed by atoms with Gasteiger partial charge in [-0.1, -0.05) is 24.3 Å². The highest BCUT2D eigenvalue weighted by molar-refractivity contribution is 6.08. The summed E-state index contributed by atoms with van der Waals surface area (Å²) in [7, 11) is 0. The van der Waals surface area contributed by atoms with E-state index in [9.17, 15) is 4.39 Å². The molecule has 1 aromatic heterocycles. The Balaban J connectivity index is 1.59. The Hall–Kier alpha value is -3.12.